The van der Waals surface area contributed by atoms with Crippen LogP contribution in [0.25, 0.3) is 0 Å². The topological polar surface area (TPSA) is 92.4 Å². The van der Waals surface area contributed by atoms with Gasteiger partial charge in [0.1, 0.15) is 12.3 Å². The molecule has 0 bridgehead atoms. The second-order valence-electron chi connectivity index (χ2n) is 8.90. The van der Waals surface area contributed by atoms with Gasteiger partial charge in [-0.25, -0.2) is 0 Å². The number of hydrogen-bond acceptors (Lipinski definition) is 3. The normalized spacial score (nSPS) is 21.9. The van der Waals surface area contributed by atoms with Gasteiger partial charge in [-0.1, -0.05) is 67.4 Å². The van der Waals surface area contributed by atoms with Crippen molar-refractivity contribution >= 4 is 0 Å². The Morgan fingerprint density at radius 1 is 0.882 bits per heavy atom. The maximum Gasteiger partial charge on any atom is 0 e. The zero-order valence-electron chi connectivity index (χ0n) is 19.8. The van der Waals surface area contributed by atoms with Gasteiger partial charge in [0.25, 0.3) is 0 Å². The Morgan fingerprint density at radius 3 is 2.00 bits per heavy atom. The van der Waals surface area contributed by atoms with Gasteiger partial charge < -0.3 is 9.84 Å². The van der Waals surface area contributed by atoms with E-state index < -0.39 is 6.10 Å². The number of aliphatic hydroxyl groups excluding tert-OH is 1. The van der Waals surface area contributed by atoms with Crippen LogP contribution in [0.3, 0.4) is 0 Å². The zero-order valence-corrected chi connectivity index (χ0v) is 21.0. The van der Waals surface area contributed by atoms with E-state index in [0.717, 1.165) is 23.1 Å². The number of fused-ring (bicyclic) bond motifs is 1. The van der Waals surface area contributed by atoms with E-state index in [1.807, 2.05) is 42.5 Å². The van der Waals surface area contributed by atoms with Gasteiger partial charge in [0.15, 0.2) is 0 Å². The summed E-state index contributed by atoms with van der Waals surface area (Å²) in [6, 6.07) is 18.6. The first-order valence-electron chi connectivity index (χ1n) is 10.8. The molecule has 1 N–H and O–H groups in total. The molecule has 0 amide bonds. The van der Waals surface area contributed by atoms with Crippen LogP contribution < -0.4 is 0 Å². The molecule has 6 nitrogen and oxygen atoms in total. The summed E-state index contributed by atoms with van der Waals surface area (Å²) in [4.78, 5) is 2.55. The molecular formula is C27H31CrNO5. The molecule has 1 saturated heterocycles. The van der Waals surface area contributed by atoms with Gasteiger partial charge in [0.05, 0.1) is 6.10 Å². The SMILES string of the molecule is CC(C)(C)N1[C@@H]2CCCC[C@H]2O[C@H]1c1ccccc1[C@@H](O)c1ccccc1.[C-]#[O+].[C-]#[O+].[C-]#[O+].[Cr]. The first-order valence-corrected chi connectivity index (χ1v) is 10.8. The molecular weight excluding hydrogens is 470 g/mol. The fraction of sp³-hybridized carbons (Fsp3) is 0.444. The van der Waals surface area contributed by atoms with Crippen LogP contribution in [0.1, 0.15) is 75.5 Å². The Kier molecular flexibility index (Phi) is 15.0. The third kappa shape index (κ3) is 7.54. The molecule has 4 rings (SSSR count). The second kappa shape index (κ2) is 15.9. The van der Waals surface area contributed by atoms with Gasteiger partial charge in [-0.15, -0.1) is 0 Å². The summed E-state index contributed by atoms with van der Waals surface area (Å²) >= 11 is 0. The van der Waals surface area contributed by atoms with Gasteiger partial charge in [-0.3, -0.25) is 4.90 Å². The minimum Gasteiger partial charge on any atom is 0 e. The third-order valence-corrected chi connectivity index (χ3v) is 6.03. The van der Waals surface area contributed by atoms with Crippen molar-refractivity contribution in [3.63, 3.8) is 0 Å². The molecule has 2 aliphatic rings. The summed E-state index contributed by atoms with van der Waals surface area (Å²) in [7, 11) is 0. The fourth-order valence-electron chi connectivity index (χ4n) is 4.83. The largest absolute Gasteiger partial charge is 0 e. The monoisotopic (exact) mass is 501 g/mol. The van der Waals surface area contributed by atoms with Crippen LogP contribution in [-0.4, -0.2) is 27.7 Å². The maximum atomic E-state index is 11.1. The van der Waals surface area contributed by atoms with Crippen molar-refractivity contribution in [1.82, 2.24) is 4.90 Å². The van der Waals surface area contributed by atoms with Gasteiger partial charge in [-0.2, -0.15) is 0 Å². The molecule has 1 saturated carbocycles. The van der Waals surface area contributed by atoms with Crippen LogP contribution in [0.5, 0.6) is 0 Å². The number of benzene rings is 2. The van der Waals surface area contributed by atoms with E-state index >= 15 is 0 Å². The molecule has 180 valence electrons. The van der Waals surface area contributed by atoms with Crippen molar-refractivity contribution in [1.29, 1.82) is 0 Å². The Morgan fingerprint density at radius 2 is 1.41 bits per heavy atom. The second-order valence-corrected chi connectivity index (χ2v) is 8.90. The van der Waals surface area contributed by atoms with Crippen molar-refractivity contribution in [2.24, 2.45) is 0 Å². The van der Waals surface area contributed by atoms with Gasteiger partial charge in [-0.05, 0) is 44.7 Å². The first-order chi connectivity index (χ1) is 16.0. The van der Waals surface area contributed by atoms with Crippen LogP contribution >= 0.6 is 0 Å². The molecule has 0 aromatic heterocycles. The van der Waals surface area contributed by atoms with E-state index in [4.69, 9.17) is 18.7 Å². The van der Waals surface area contributed by atoms with Crippen molar-refractivity contribution in [3.8, 4) is 0 Å². The summed E-state index contributed by atoms with van der Waals surface area (Å²) in [6.45, 7) is 20.3. The number of aliphatic hydroxyl groups is 1. The number of ether oxygens (including phenoxy) is 1. The molecule has 7 heteroatoms. The summed E-state index contributed by atoms with van der Waals surface area (Å²) in [5, 5.41) is 11.1. The van der Waals surface area contributed by atoms with E-state index in [9.17, 15) is 5.11 Å². The average molecular weight is 502 g/mol. The minimum absolute atomic E-state index is 0. The van der Waals surface area contributed by atoms with Crippen LogP contribution in [-0.2, 0) is 36.1 Å². The van der Waals surface area contributed by atoms with E-state index in [1.54, 1.807) is 0 Å². The minimum atomic E-state index is -0.643. The van der Waals surface area contributed by atoms with Crippen LogP contribution in [0.15, 0.2) is 54.6 Å². The van der Waals surface area contributed by atoms with Gasteiger partial charge in [0.2, 0.25) is 0 Å². The van der Waals surface area contributed by atoms with Crippen LogP contribution in [0.2, 0.25) is 0 Å². The van der Waals surface area contributed by atoms with Crippen molar-refractivity contribution < 1.29 is 41.2 Å². The van der Waals surface area contributed by atoms with Crippen molar-refractivity contribution in [2.45, 2.75) is 76.5 Å². The molecule has 1 aliphatic carbocycles. The van der Waals surface area contributed by atoms with Crippen LogP contribution in [0, 0.1) is 20.0 Å². The summed E-state index contributed by atoms with van der Waals surface area (Å²) < 4.78 is 29.1. The molecule has 2 aromatic rings. The predicted octanol–water partition coefficient (Wildman–Crippen LogP) is 5.09. The molecule has 1 aliphatic heterocycles. The van der Waals surface area contributed by atoms with Gasteiger partial charge in [0, 0.05) is 34.5 Å². The molecule has 0 radical (unpaired) electrons. The van der Waals surface area contributed by atoms with Crippen LogP contribution in [0.4, 0.5) is 0 Å². The standard InChI is InChI=1S/C24H31NO2.3CO.Cr/c1-24(2,3)25-20-15-9-10-16-21(20)27-23(25)19-14-8-7-13-18(19)22(26)17-11-5-4-6-12-17;3*1-2;/h4-8,11-14,20-23,26H,9-10,15-16H2,1-3H3;;;;/t20-,21-,22+,23+;;;;/m1..../s1. The number of hydrogen-bond donors (Lipinski definition) is 1. The zero-order chi connectivity index (χ0) is 25.0. The molecule has 2 fully saturated rings. The molecule has 2 aromatic carbocycles. The fourth-order valence-corrected chi connectivity index (χ4v) is 4.83. The summed E-state index contributed by atoms with van der Waals surface area (Å²) in [5.74, 6) is 0. The molecule has 0 spiro atoms. The molecule has 0 unspecified atom stereocenters. The summed E-state index contributed by atoms with van der Waals surface area (Å²) in [6.07, 6.45) is 4.41. The van der Waals surface area contributed by atoms with Crippen molar-refractivity contribution in [2.75, 3.05) is 0 Å². The van der Waals surface area contributed by atoms with E-state index in [2.05, 4.69) is 57.8 Å². The Bertz CT molecular complexity index is 892. The van der Waals surface area contributed by atoms with E-state index in [0.29, 0.717) is 12.1 Å². The third-order valence-electron chi connectivity index (χ3n) is 6.03. The summed E-state index contributed by atoms with van der Waals surface area (Å²) in [5.41, 5.74) is 2.97. The average Bonchev–Trinajstić information content (AvgIpc) is 3.28. The smallest absolute Gasteiger partial charge is 0 e. The molecule has 34 heavy (non-hydrogen) atoms. The Balaban J connectivity index is 0.00000145. The Hall–Kier alpha value is -1.93. The maximum absolute atomic E-state index is 11.1. The van der Waals surface area contributed by atoms with E-state index in [1.165, 1.54) is 19.3 Å². The van der Waals surface area contributed by atoms with E-state index in [-0.39, 0.29) is 29.1 Å². The quantitative estimate of drug-likeness (QED) is 0.469. The van der Waals surface area contributed by atoms with Gasteiger partial charge >= 0.3 is 33.9 Å². The molecule has 4 atom stereocenters. The number of nitrogens with zero attached hydrogens (tertiary/aromatic N) is 1. The van der Waals surface area contributed by atoms with Crippen molar-refractivity contribution in [3.05, 3.63) is 91.2 Å². The Labute approximate surface area is 213 Å². The predicted molar refractivity (Wildman–Crippen MR) is 120 cm³/mol. The number of rotatable bonds is 3. The first kappa shape index (κ1) is 32.1. The molecule has 1 heterocycles.